The van der Waals surface area contributed by atoms with Crippen LogP contribution in [0.3, 0.4) is 0 Å². The summed E-state index contributed by atoms with van der Waals surface area (Å²) < 4.78 is 5.90. The van der Waals surface area contributed by atoms with Gasteiger partial charge in [0.1, 0.15) is 5.75 Å². The third-order valence-electron chi connectivity index (χ3n) is 3.75. The minimum absolute atomic E-state index is 0.0650. The standard InChI is InChI=1S/C15H19BrO2/c1-11-4-5-14(13(8-11)12(2)17)18-10-15(9-16)6-3-7-15/h4-5,8H,3,6-7,9-10H2,1-2H3. The Bertz CT molecular complexity index is 444. The zero-order chi connectivity index (χ0) is 13.2. The first-order valence-electron chi connectivity index (χ1n) is 6.37. The van der Waals surface area contributed by atoms with E-state index in [1.807, 2.05) is 25.1 Å². The zero-order valence-electron chi connectivity index (χ0n) is 11.0. The number of benzene rings is 1. The summed E-state index contributed by atoms with van der Waals surface area (Å²) in [5, 5.41) is 0.973. The van der Waals surface area contributed by atoms with Crippen LogP contribution in [0.1, 0.15) is 42.1 Å². The van der Waals surface area contributed by atoms with Gasteiger partial charge >= 0.3 is 0 Å². The van der Waals surface area contributed by atoms with Gasteiger partial charge in [-0.1, -0.05) is 34.0 Å². The molecule has 1 saturated carbocycles. The summed E-state index contributed by atoms with van der Waals surface area (Å²) in [5.41, 5.74) is 2.06. The number of aryl methyl sites for hydroxylation is 1. The molecule has 0 amide bonds. The number of hydrogen-bond donors (Lipinski definition) is 0. The highest BCUT2D eigenvalue weighted by atomic mass is 79.9. The largest absolute Gasteiger partial charge is 0.492 e. The molecule has 1 fully saturated rings. The van der Waals surface area contributed by atoms with Gasteiger partial charge in [0.05, 0.1) is 12.2 Å². The van der Waals surface area contributed by atoms with Gasteiger partial charge in [0.15, 0.2) is 5.78 Å². The Morgan fingerprint density at radius 1 is 1.44 bits per heavy atom. The van der Waals surface area contributed by atoms with Gasteiger partial charge in [0.2, 0.25) is 0 Å². The summed E-state index contributed by atoms with van der Waals surface area (Å²) in [6.45, 7) is 4.27. The van der Waals surface area contributed by atoms with Crippen LogP contribution in [-0.4, -0.2) is 17.7 Å². The van der Waals surface area contributed by atoms with Gasteiger partial charge < -0.3 is 4.74 Å². The lowest BCUT2D eigenvalue weighted by Gasteiger charge is -2.40. The molecule has 2 nitrogen and oxygen atoms in total. The maximum absolute atomic E-state index is 11.6. The van der Waals surface area contributed by atoms with E-state index < -0.39 is 0 Å². The van der Waals surface area contributed by atoms with Crippen LogP contribution in [0.25, 0.3) is 0 Å². The topological polar surface area (TPSA) is 26.3 Å². The molecule has 0 atom stereocenters. The number of carbonyl (C=O) groups excluding carboxylic acids is 1. The van der Waals surface area contributed by atoms with Gasteiger partial charge in [-0.05, 0) is 38.8 Å². The van der Waals surface area contributed by atoms with Gasteiger partial charge in [0.25, 0.3) is 0 Å². The summed E-state index contributed by atoms with van der Waals surface area (Å²) in [4.78, 5) is 11.6. The number of rotatable bonds is 5. The minimum Gasteiger partial charge on any atom is -0.492 e. The van der Waals surface area contributed by atoms with E-state index in [0.29, 0.717) is 12.2 Å². The molecular formula is C15H19BrO2. The van der Waals surface area contributed by atoms with E-state index in [1.54, 1.807) is 6.92 Å². The number of hydrogen-bond acceptors (Lipinski definition) is 2. The monoisotopic (exact) mass is 310 g/mol. The first kappa shape index (κ1) is 13.6. The average Bonchev–Trinajstić information content (AvgIpc) is 2.29. The van der Waals surface area contributed by atoms with Crippen LogP contribution in [0.4, 0.5) is 0 Å². The van der Waals surface area contributed by atoms with E-state index >= 15 is 0 Å². The van der Waals surface area contributed by atoms with Gasteiger partial charge in [-0.2, -0.15) is 0 Å². The Balaban J connectivity index is 2.11. The van der Waals surface area contributed by atoms with Crippen molar-refractivity contribution in [2.24, 2.45) is 5.41 Å². The molecule has 98 valence electrons. The van der Waals surface area contributed by atoms with Crippen LogP contribution in [0, 0.1) is 12.3 Å². The molecule has 0 spiro atoms. The van der Waals surface area contributed by atoms with Crippen LogP contribution < -0.4 is 4.74 Å². The number of ketones is 1. The van der Waals surface area contributed by atoms with E-state index in [1.165, 1.54) is 19.3 Å². The lowest BCUT2D eigenvalue weighted by Crippen LogP contribution is -2.37. The third kappa shape index (κ3) is 2.77. The molecule has 2 rings (SSSR count). The Kier molecular flexibility index (Phi) is 4.10. The van der Waals surface area contributed by atoms with Crippen LogP contribution in [0.5, 0.6) is 5.75 Å². The Morgan fingerprint density at radius 3 is 2.67 bits per heavy atom. The lowest BCUT2D eigenvalue weighted by molar-refractivity contribution is 0.0819. The van der Waals surface area contributed by atoms with Gasteiger partial charge in [0, 0.05) is 10.7 Å². The van der Waals surface area contributed by atoms with Crippen molar-refractivity contribution in [1.29, 1.82) is 0 Å². The maximum atomic E-state index is 11.6. The molecule has 0 saturated heterocycles. The van der Waals surface area contributed by atoms with Crippen LogP contribution in [-0.2, 0) is 0 Å². The predicted octanol–water partition coefficient (Wildman–Crippen LogP) is 4.14. The number of halogens is 1. The van der Waals surface area contributed by atoms with Gasteiger partial charge in [-0.25, -0.2) is 0 Å². The summed E-state index contributed by atoms with van der Waals surface area (Å²) in [7, 11) is 0. The smallest absolute Gasteiger partial charge is 0.163 e. The average molecular weight is 311 g/mol. The highest BCUT2D eigenvalue weighted by Gasteiger charge is 2.36. The second-order valence-electron chi connectivity index (χ2n) is 5.33. The SMILES string of the molecule is CC(=O)c1cc(C)ccc1OCC1(CBr)CCC1. The summed E-state index contributed by atoms with van der Waals surface area (Å²) in [6.07, 6.45) is 3.70. The van der Waals surface area contributed by atoms with E-state index in [9.17, 15) is 4.79 Å². The second kappa shape index (κ2) is 5.43. The van der Waals surface area contributed by atoms with Crippen molar-refractivity contribution < 1.29 is 9.53 Å². The first-order valence-corrected chi connectivity index (χ1v) is 7.49. The highest BCUT2D eigenvalue weighted by molar-refractivity contribution is 9.09. The quantitative estimate of drug-likeness (QED) is 0.603. The molecule has 1 aliphatic rings. The van der Waals surface area contributed by atoms with Crippen LogP contribution in [0.2, 0.25) is 0 Å². The Hall–Kier alpha value is -0.830. The Morgan fingerprint density at radius 2 is 2.17 bits per heavy atom. The van der Waals surface area contributed by atoms with Crippen molar-refractivity contribution in [2.75, 3.05) is 11.9 Å². The summed E-state index contributed by atoms with van der Waals surface area (Å²) >= 11 is 3.57. The minimum atomic E-state index is 0.0650. The lowest BCUT2D eigenvalue weighted by atomic mass is 9.71. The first-order chi connectivity index (χ1) is 8.56. The van der Waals surface area contributed by atoms with E-state index in [4.69, 9.17) is 4.74 Å². The molecule has 18 heavy (non-hydrogen) atoms. The summed E-state index contributed by atoms with van der Waals surface area (Å²) in [6, 6.07) is 5.80. The molecule has 0 heterocycles. The molecular weight excluding hydrogens is 292 g/mol. The number of Topliss-reactive ketones (excluding diaryl/α,β-unsaturated/α-hetero) is 1. The van der Waals surface area contributed by atoms with Crippen molar-refractivity contribution in [3.8, 4) is 5.75 Å². The van der Waals surface area contributed by atoms with Gasteiger partial charge in [-0.3, -0.25) is 4.79 Å². The van der Waals surface area contributed by atoms with E-state index in [2.05, 4.69) is 15.9 Å². The van der Waals surface area contributed by atoms with E-state index in [-0.39, 0.29) is 11.2 Å². The van der Waals surface area contributed by atoms with Crippen LogP contribution >= 0.6 is 15.9 Å². The molecule has 1 aliphatic carbocycles. The summed E-state index contributed by atoms with van der Waals surface area (Å²) in [5.74, 6) is 0.788. The molecule has 0 bridgehead atoms. The fourth-order valence-electron chi connectivity index (χ4n) is 2.27. The van der Waals surface area contributed by atoms with Gasteiger partial charge in [-0.15, -0.1) is 0 Å². The van der Waals surface area contributed by atoms with Crippen LogP contribution in [0.15, 0.2) is 18.2 Å². The number of ether oxygens (including phenoxy) is 1. The number of alkyl halides is 1. The molecule has 0 unspecified atom stereocenters. The fraction of sp³-hybridized carbons (Fsp3) is 0.533. The third-order valence-corrected chi connectivity index (χ3v) is 4.94. The van der Waals surface area contributed by atoms with Crippen molar-refractivity contribution in [1.82, 2.24) is 0 Å². The van der Waals surface area contributed by atoms with E-state index in [0.717, 1.165) is 16.6 Å². The van der Waals surface area contributed by atoms with Crippen molar-refractivity contribution in [2.45, 2.75) is 33.1 Å². The van der Waals surface area contributed by atoms with Crippen molar-refractivity contribution >= 4 is 21.7 Å². The molecule has 0 radical (unpaired) electrons. The predicted molar refractivity (Wildman–Crippen MR) is 76.8 cm³/mol. The highest BCUT2D eigenvalue weighted by Crippen LogP contribution is 2.42. The maximum Gasteiger partial charge on any atom is 0.163 e. The fourth-order valence-corrected chi connectivity index (χ4v) is 2.99. The molecule has 0 aliphatic heterocycles. The molecule has 0 aromatic heterocycles. The normalized spacial score (nSPS) is 17.1. The Labute approximate surface area is 117 Å². The zero-order valence-corrected chi connectivity index (χ0v) is 12.5. The molecule has 1 aromatic rings. The van der Waals surface area contributed by atoms with Crippen molar-refractivity contribution in [3.05, 3.63) is 29.3 Å². The van der Waals surface area contributed by atoms with Crippen molar-refractivity contribution in [3.63, 3.8) is 0 Å². The second-order valence-corrected chi connectivity index (χ2v) is 5.89. The molecule has 0 N–H and O–H groups in total. The molecule has 3 heteroatoms. The number of carbonyl (C=O) groups is 1. The molecule has 1 aromatic carbocycles.